The molecular weight excluding hydrogens is 467 g/mol. The average molecular weight is 489 g/mol. The lowest BCUT2D eigenvalue weighted by Gasteiger charge is -2.11. The zero-order valence-electron chi connectivity index (χ0n) is 18.2. The predicted octanol–water partition coefficient (Wildman–Crippen LogP) is 5.36. The lowest BCUT2D eigenvalue weighted by atomic mass is 10.2. The topological polar surface area (TPSA) is 78.4 Å². The second kappa shape index (κ2) is 11.4. The summed E-state index contributed by atoms with van der Waals surface area (Å²) in [6.07, 6.45) is 1.46. The van der Waals surface area contributed by atoms with Gasteiger partial charge in [0.05, 0.1) is 27.5 Å². The van der Waals surface area contributed by atoms with Crippen LogP contribution in [0.4, 0.5) is 0 Å². The zero-order valence-corrected chi connectivity index (χ0v) is 19.7. The summed E-state index contributed by atoms with van der Waals surface area (Å²) in [4.78, 5) is 12.4. The Balaban J connectivity index is 1.61. The summed E-state index contributed by atoms with van der Waals surface area (Å²) in [7, 11) is 4.60. The normalized spacial score (nSPS) is 10.7. The van der Waals surface area contributed by atoms with E-state index in [1.807, 2.05) is 0 Å². The second-order valence-corrected chi connectivity index (χ2v) is 7.54. The summed E-state index contributed by atoms with van der Waals surface area (Å²) in [5.74, 6) is 1.78. The maximum atomic E-state index is 12.4. The summed E-state index contributed by atoms with van der Waals surface area (Å²) >= 11 is 12.1. The molecule has 0 aromatic heterocycles. The van der Waals surface area contributed by atoms with Gasteiger partial charge in [0.25, 0.3) is 5.91 Å². The first kappa shape index (κ1) is 24.2. The van der Waals surface area contributed by atoms with Crippen LogP contribution in [0, 0.1) is 0 Å². The van der Waals surface area contributed by atoms with Gasteiger partial charge in [0, 0.05) is 32.8 Å². The summed E-state index contributed by atoms with van der Waals surface area (Å²) in [5.41, 5.74) is 4.33. The minimum atomic E-state index is -0.377. The molecule has 172 valence electrons. The molecule has 0 unspecified atom stereocenters. The molecule has 1 N–H and O–H groups in total. The van der Waals surface area contributed by atoms with Crippen molar-refractivity contribution in [2.75, 3.05) is 21.3 Å². The molecule has 0 aliphatic rings. The highest BCUT2D eigenvalue weighted by molar-refractivity contribution is 6.35. The van der Waals surface area contributed by atoms with E-state index in [1.54, 1.807) is 54.6 Å². The summed E-state index contributed by atoms with van der Waals surface area (Å²) in [6, 6.07) is 15.3. The SMILES string of the molecule is COc1cc(OC)c(OC)cc1/C=N/NC(=O)c1ccc(OCc2ccc(Cl)cc2Cl)cc1. The van der Waals surface area contributed by atoms with E-state index in [2.05, 4.69) is 10.5 Å². The maximum absolute atomic E-state index is 12.4. The molecule has 0 aliphatic carbocycles. The highest BCUT2D eigenvalue weighted by Gasteiger charge is 2.11. The van der Waals surface area contributed by atoms with Crippen molar-refractivity contribution < 1.29 is 23.7 Å². The van der Waals surface area contributed by atoms with E-state index in [0.29, 0.717) is 44.2 Å². The Hall–Kier alpha value is -3.42. The van der Waals surface area contributed by atoms with Crippen molar-refractivity contribution in [3.8, 4) is 23.0 Å². The molecule has 0 fully saturated rings. The van der Waals surface area contributed by atoms with Gasteiger partial charge in [-0.1, -0.05) is 29.3 Å². The van der Waals surface area contributed by atoms with Crippen LogP contribution in [-0.2, 0) is 6.61 Å². The fraction of sp³-hybridized carbons (Fsp3) is 0.167. The van der Waals surface area contributed by atoms with Gasteiger partial charge in [-0.2, -0.15) is 5.10 Å². The van der Waals surface area contributed by atoms with Gasteiger partial charge >= 0.3 is 0 Å². The number of carbonyl (C=O) groups excluding carboxylic acids is 1. The van der Waals surface area contributed by atoms with Gasteiger partial charge in [-0.05, 0) is 42.5 Å². The minimum absolute atomic E-state index is 0.277. The molecule has 3 rings (SSSR count). The molecule has 0 saturated heterocycles. The van der Waals surface area contributed by atoms with Crippen LogP contribution in [0.1, 0.15) is 21.5 Å². The van der Waals surface area contributed by atoms with Crippen LogP contribution in [0.15, 0.2) is 59.7 Å². The van der Waals surface area contributed by atoms with E-state index in [9.17, 15) is 4.79 Å². The fourth-order valence-electron chi connectivity index (χ4n) is 2.88. The Morgan fingerprint density at radius 3 is 2.21 bits per heavy atom. The molecule has 0 atom stereocenters. The molecule has 3 aromatic rings. The third kappa shape index (κ3) is 6.31. The molecule has 0 spiro atoms. The Bertz CT molecular complexity index is 1150. The average Bonchev–Trinajstić information content (AvgIpc) is 2.83. The molecule has 0 radical (unpaired) electrons. The summed E-state index contributed by atoms with van der Waals surface area (Å²) in [5, 5.41) is 5.11. The zero-order chi connectivity index (χ0) is 23.8. The largest absolute Gasteiger partial charge is 0.496 e. The van der Waals surface area contributed by atoms with Gasteiger partial charge in [0.1, 0.15) is 18.1 Å². The standard InChI is InChI=1S/C24H22Cl2N2O5/c1-30-21-12-23(32-3)22(31-2)10-17(21)13-27-28-24(29)15-5-8-19(9-6-15)33-14-16-4-7-18(25)11-20(16)26/h4-13H,14H2,1-3H3,(H,28,29)/b27-13+. The van der Waals surface area contributed by atoms with Gasteiger partial charge in [0.2, 0.25) is 0 Å². The van der Waals surface area contributed by atoms with E-state index in [4.69, 9.17) is 42.1 Å². The molecule has 33 heavy (non-hydrogen) atoms. The third-order valence-corrected chi connectivity index (χ3v) is 5.22. The number of hydrogen-bond donors (Lipinski definition) is 1. The Labute approximate surface area is 201 Å². The smallest absolute Gasteiger partial charge is 0.271 e. The van der Waals surface area contributed by atoms with Crippen LogP contribution in [0.3, 0.4) is 0 Å². The number of benzene rings is 3. The van der Waals surface area contributed by atoms with Crippen molar-refractivity contribution in [3.63, 3.8) is 0 Å². The van der Waals surface area contributed by atoms with E-state index in [0.717, 1.165) is 5.56 Å². The monoisotopic (exact) mass is 488 g/mol. The number of hydrazone groups is 1. The van der Waals surface area contributed by atoms with Gasteiger partial charge in [-0.3, -0.25) is 4.79 Å². The van der Waals surface area contributed by atoms with Crippen molar-refractivity contribution in [2.45, 2.75) is 6.61 Å². The highest BCUT2D eigenvalue weighted by Crippen LogP contribution is 2.33. The van der Waals surface area contributed by atoms with Crippen LogP contribution in [0.5, 0.6) is 23.0 Å². The number of ether oxygens (including phenoxy) is 4. The van der Waals surface area contributed by atoms with Crippen LogP contribution in [0.25, 0.3) is 0 Å². The Kier molecular flexibility index (Phi) is 8.40. The number of amides is 1. The number of rotatable bonds is 9. The van der Waals surface area contributed by atoms with E-state index >= 15 is 0 Å². The number of methoxy groups -OCH3 is 3. The first-order chi connectivity index (χ1) is 15.9. The van der Waals surface area contributed by atoms with Crippen molar-refractivity contribution >= 4 is 35.3 Å². The summed E-state index contributed by atoms with van der Waals surface area (Å²) in [6.45, 7) is 0.277. The first-order valence-corrected chi connectivity index (χ1v) is 10.5. The number of hydrogen-bond acceptors (Lipinski definition) is 6. The second-order valence-electron chi connectivity index (χ2n) is 6.70. The van der Waals surface area contributed by atoms with Crippen LogP contribution >= 0.6 is 23.2 Å². The fourth-order valence-corrected chi connectivity index (χ4v) is 3.34. The van der Waals surface area contributed by atoms with Crippen LogP contribution < -0.4 is 24.4 Å². The molecule has 0 saturated carbocycles. The van der Waals surface area contributed by atoms with E-state index < -0.39 is 0 Å². The first-order valence-electron chi connectivity index (χ1n) is 9.75. The van der Waals surface area contributed by atoms with Gasteiger partial charge in [-0.25, -0.2) is 5.43 Å². The molecule has 0 aliphatic heterocycles. The molecule has 1 amide bonds. The lowest BCUT2D eigenvalue weighted by Crippen LogP contribution is -2.17. The van der Waals surface area contributed by atoms with Crippen molar-refractivity contribution in [1.82, 2.24) is 5.43 Å². The van der Waals surface area contributed by atoms with Crippen molar-refractivity contribution in [3.05, 3.63) is 81.3 Å². The molecular formula is C24H22Cl2N2O5. The molecule has 0 bridgehead atoms. The van der Waals surface area contributed by atoms with Crippen molar-refractivity contribution in [2.24, 2.45) is 5.10 Å². The van der Waals surface area contributed by atoms with E-state index in [1.165, 1.54) is 27.5 Å². The molecule has 0 heterocycles. The highest BCUT2D eigenvalue weighted by atomic mass is 35.5. The van der Waals surface area contributed by atoms with Crippen LogP contribution in [-0.4, -0.2) is 33.5 Å². The molecule has 7 nitrogen and oxygen atoms in total. The number of nitrogens with zero attached hydrogens (tertiary/aromatic N) is 1. The van der Waals surface area contributed by atoms with Gasteiger partial charge in [0.15, 0.2) is 11.5 Å². The van der Waals surface area contributed by atoms with Crippen LogP contribution in [0.2, 0.25) is 10.0 Å². The molecule has 3 aromatic carbocycles. The number of nitrogens with one attached hydrogen (secondary N) is 1. The van der Waals surface area contributed by atoms with Gasteiger partial charge in [-0.15, -0.1) is 0 Å². The number of carbonyl (C=O) groups is 1. The number of halogens is 2. The predicted molar refractivity (Wildman–Crippen MR) is 128 cm³/mol. The third-order valence-electron chi connectivity index (χ3n) is 4.63. The Morgan fingerprint density at radius 2 is 1.58 bits per heavy atom. The quantitative estimate of drug-likeness (QED) is 0.323. The molecule has 9 heteroatoms. The maximum Gasteiger partial charge on any atom is 0.271 e. The summed E-state index contributed by atoms with van der Waals surface area (Å²) < 4.78 is 21.6. The van der Waals surface area contributed by atoms with Gasteiger partial charge < -0.3 is 18.9 Å². The minimum Gasteiger partial charge on any atom is -0.496 e. The van der Waals surface area contributed by atoms with Crippen molar-refractivity contribution in [1.29, 1.82) is 0 Å². The lowest BCUT2D eigenvalue weighted by molar-refractivity contribution is 0.0955. The van der Waals surface area contributed by atoms with E-state index in [-0.39, 0.29) is 12.5 Å². The Morgan fingerprint density at radius 1 is 0.909 bits per heavy atom.